The summed E-state index contributed by atoms with van der Waals surface area (Å²) in [7, 11) is 0. The second-order valence-electron chi connectivity index (χ2n) is 9.52. The summed E-state index contributed by atoms with van der Waals surface area (Å²) in [6, 6.07) is 5.15. The summed E-state index contributed by atoms with van der Waals surface area (Å²) in [5.41, 5.74) is 0.0798. The fourth-order valence-corrected chi connectivity index (χ4v) is 5.19. The number of anilines is 1. The molecular weight excluding hydrogens is 463 g/mol. The molecule has 1 aromatic heterocycles. The van der Waals surface area contributed by atoms with Gasteiger partial charge in [0.1, 0.15) is 0 Å². The van der Waals surface area contributed by atoms with Crippen LogP contribution in [0, 0.1) is 0 Å². The Bertz CT molecular complexity index is 1000. The Morgan fingerprint density at radius 1 is 0.914 bits per heavy atom. The first-order valence-electron chi connectivity index (χ1n) is 12.3. The molecule has 5 rings (SSSR count). The molecule has 3 aliphatic heterocycles. The third kappa shape index (κ3) is 5.39. The maximum atomic E-state index is 13.3. The predicted octanol–water partition coefficient (Wildman–Crippen LogP) is 4.10. The lowest BCUT2D eigenvalue weighted by Gasteiger charge is -2.40. The molecule has 11 heteroatoms. The number of morpholine rings is 1. The zero-order valence-electron chi connectivity index (χ0n) is 19.5. The molecule has 0 aliphatic carbocycles. The van der Waals surface area contributed by atoms with Gasteiger partial charge in [-0.1, -0.05) is 12.1 Å². The van der Waals surface area contributed by atoms with E-state index in [9.17, 15) is 18.0 Å². The molecule has 0 radical (unpaired) electrons. The summed E-state index contributed by atoms with van der Waals surface area (Å²) in [5.74, 6) is 0.697. The summed E-state index contributed by atoms with van der Waals surface area (Å²) >= 11 is 0. The van der Waals surface area contributed by atoms with Crippen LogP contribution in [0.25, 0.3) is 0 Å². The minimum absolute atomic E-state index is 0.0920. The number of carbonyl (C=O) groups excluding carboxylic acids is 1. The number of rotatable bonds is 3. The van der Waals surface area contributed by atoms with Crippen molar-refractivity contribution in [2.45, 2.75) is 43.7 Å². The molecule has 2 aromatic rings. The number of aromatic nitrogens is 2. The zero-order valence-corrected chi connectivity index (χ0v) is 19.5. The van der Waals surface area contributed by atoms with E-state index in [4.69, 9.17) is 9.26 Å². The molecule has 2 amide bonds. The Kier molecular flexibility index (Phi) is 6.86. The summed E-state index contributed by atoms with van der Waals surface area (Å²) in [4.78, 5) is 23.6. The van der Waals surface area contributed by atoms with Crippen LogP contribution in [-0.4, -0.2) is 78.5 Å². The lowest BCUT2D eigenvalue weighted by molar-refractivity contribution is -0.137. The summed E-state index contributed by atoms with van der Waals surface area (Å²) in [6.07, 6.45) is -0.409. The number of benzene rings is 1. The van der Waals surface area contributed by atoms with Crippen LogP contribution in [0.5, 0.6) is 0 Å². The Hall–Kier alpha value is -2.82. The number of halogens is 3. The van der Waals surface area contributed by atoms with Gasteiger partial charge in [0.25, 0.3) is 5.95 Å². The van der Waals surface area contributed by atoms with Gasteiger partial charge < -0.3 is 24.0 Å². The highest BCUT2D eigenvalue weighted by Crippen LogP contribution is 2.38. The number of carbonyl (C=O) groups is 1. The van der Waals surface area contributed by atoms with Crippen molar-refractivity contribution in [3.63, 3.8) is 0 Å². The maximum Gasteiger partial charge on any atom is 0.416 e. The Balaban J connectivity index is 1.38. The first kappa shape index (κ1) is 23.9. The topological polar surface area (TPSA) is 74.9 Å². The molecule has 3 fully saturated rings. The second-order valence-corrected chi connectivity index (χ2v) is 9.52. The van der Waals surface area contributed by atoms with Crippen LogP contribution in [-0.2, 0) is 10.9 Å². The lowest BCUT2D eigenvalue weighted by Crippen LogP contribution is -2.52. The Morgan fingerprint density at radius 3 is 2.29 bits per heavy atom. The van der Waals surface area contributed by atoms with Crippen LogP contribution < -0.4 is 4.90 Å². The summed E-state index contributed by atoms with van der Waals surface area (Å²) < 4.78 is 50.3. The lowest BCUT2D eigenvalue weighted by atomic mass is 9.84. The third-order valence-electron chi connectivity index (χ3n) is 7.13. The molecular formula is C24H30F3N5O3. The fourth-order valence-electron chi connectivity index (χ4n) is 5.19. The van der Waals surface area contributed by atoms with Crippen LogP contribution in [0.4, 0.5) is 23.9 Å². The van der Waals surface area contributed by atoms with Crippen LogP contribution in [0.3, 0.4) is 0 Å². The van der Waals surface area contributed by atoms with Crippen molar-refractivity contribution in [3.8, 4) is 0 Å². The van der Waals surface area contributed by atoms with Gasteiger partial charge in [-0.2, -0.15) is 18.2 Å². The van der Waals surface area contributed by atoms with E-state index in [1.165, 1.54) is 18.6 Å². The molecule has 3 aliphatic rings. The highest BCUT2D eigenvalue weighted by molar-refractivity contribution is 5.75. The van der Waals surface area contributed by atoms with Gasteiger partial charge in [-0.25, -0.2) is 4.79 Å². The summed E-state index contributed by atoms with van der Waals surface area (Å²) in [5, 5.41) is 4.20. The molecule has 3 saturated heterocycles. The van der Waals surface area contributed by atoms with Crippen molar-refractivity contribution in [2.75, 3.05) is 57.4 Å². The van der Waals surface area contributed by atoms with Crippen molar-refractivity contribution in [1.82, 2.24) is 19.9 Å². The van der Waals surface area contributed by atoms with Crippen molar-refractivity contribution in [1.29, 1.82) is 0 Å². The first-order valence-corrected chi connectivity index (χ1v) is 12.3. The molecule has 0 saturated carbocycles. The molecule has 2 unspecified atom stereocenters. The van der Waals surface area contributed by atoms with E-state index in [1.54, 1.807) is 9.80 Å². The molecule has 190 valence electrons. The average Bonchev–Trinajstić information content (AvgIpc) is 3.39. The van der Waals surface area contributed by atoms with Gasteiger partial charge in [0, 0.05) is 45.2 Å². The maximum absolute atomic E-state index is 13.3. The van der Waals surface area contributed by atoms with E-state index in [-0.39, 0.29) is 17.9 Å². The van der Waals surface area contributed by atoms with Gasteiger partial charge in [-0.05, 0) is 48.5 Å². The van der Waals surface area contributed by atoms with Crippen molar-refractivity contribution < 1.29 is 27.2 Å². The molecule has 4 heterocycles. The number of hydrogen-bond acceptors (Lipinski definition) is 6. The average molecular weight is 494 g/mol. The SMILES string of the molecule is O=C(N1CCOCC1)N1CC(c2ccc(C(F)(F)F)cc2)CC(c2nc(N3CCCCC3)no2)C1. The van der Waals surface area contributed by atoms with Gasteiger partial charge in [-0.3, -0.25) is 0 Å². The fraction of sp³-hybridized carbons (Fsp3) is 0.625. The van der Waals surface area contributed by atoms with Crippen molar-refractivity contribution >= 4 is 12.0 Å². The number of hydrogen-bond donors (Lipinski definition) is 0. The Morgan fingerprint density at radius 2 is 1.60 bits per heavy atom. The molecule has 2 atom stereocenters. The molecule has 8 nitrogen and oxygen atoms in total. The predicted molar refractivity (Wildman–Crippen MR) is 121 cm³/mol. The van der Waals surface area contributed by atoms with E-state index in [1.807, 2.05) is 0 Å². The zero-order chi connectivity index (χ0) is 24.4. The third-order valence-corrected chi connectivity index (χ3v) is 7.13. The quantitative estimate of drug-likeness (QED) is 0.641. The number of ether oxygens (including phenoxy) is 1. The number of piperidine rings is 2. The monoisotopic (exact) mass is 493 g/mol. The Labute approximate surface area is 202 Å². The van der Waals surface area contributed by atoms with E-state index in [2.05, 4.69) is 15.0 Å². The molecule has 0 bridgehead atoms. The van der Waals surface area contributed by atoms with Gasteiger partial charge in [0.2, 0.25) is 5.89 Å². The smallest absolute Gasteiger partial charge is 0.378 e. The van der Waals surface area contributed by atoms with Gasteiger partial charge in [0.15, 0.2) is 0 Å². The standard InChI is InChI=1S/C24H30F3N5O3/c25-24(26,27)20-6-4-17(5-7-20)18-14-19(16-32(15-18)23(33)31-10-12-34-13-11-31)21-28-22(29-35-21)30-8-2-1-3-9-30/h4-7,18-19H,1-3,8-16H2. The number of likely N-dealkylation sites (tertiary alicyclic amines) is 1. The van der Waals surface area contributed by atoms with Crippen LogP contribution >= 0.6 is 0 Å². The second kappa shape index (κ2) is 10.0. The van der Waals surface area contributed by atoms with Gasteiger partial charge in [0.05, 0.1) is 24.7 Å². The van der Waals surface area contributed by atoms with E-state index in [0.717, 1.165) is 43.6 Å². The highest BCUT2D eigenvalue weighted by atomic mass is 19.4. The van der Waals surface area contributed by atoms with E-state index < -0.39 is 11.7 Å². The number of nitrogens with zero attached hydrogens (tertiary/aromatic N) is 5. The number of alkyl halides is 3. The first-order chi connectivity index (χ1) is 16.9. The van der Waals surface area contributed by atoms with Crippen molar-refractivity contribution in [3.05, 3.63) is 41.3 Å². The van der Waals surface area contributed by atoms with E-state index >= 15 is 0 Å². The van der Waals surface area contributed by atoms with Crippen LogP contribution in [0.2, 0.25) is 0 Å². The van der Waals surface area contributed by atoms with Gasteiger partial charge in [-0.15, -0.1) is 0 Å². The van der Waals surface area contributed by atoms with E-state index in [0.29, 0.717) is 57.7 Å². The summed E-state index contributed by atoms with van der Waals surface area (Å²) in [6.45, 7) is 4.65. The normalized spacial score (nSPS) is 24.0. The van der Waals surface area contributed by atoms with Gasteiger partial charge >= 0.3 is 12.2 Å². The molecule has 1 aromatic carbocycles. The number of urea groups is 1. The molecule has 35 heavy (non-hydrogen) atoms. The van der Waals surface area contributed by atoms with Crippen molar-refractivity contribution in [2.24, 2.45) is 0 Å². The largest absolute Gasteiger partial charge is 0.416 e. The minimum atomic E-state index is -4.39. The molecule has 0 N–H and O–H groups in total. The van der Waals surface area contributed by atoms with Crippen LogP contribution in [0.1, 0.15) is 54.5 Å². The number of amides is 2. The minimum Gasteiger partial charge on any atom is -0.378 e. The van der Waals surface area contributed by atoms with Crippen LogP contribution in [0.15, 0.2) is 28.8 Å². The highest BCUT2D eigenvalue weighted by Gasteiger charge is 2.37. The molecule has 0 spiro atoms.